The van der Waals surface area contributed by atoms with Gasteiger partial charge in [-0.15, -0.1) is 11.3 Å². The fourth-order valence-corrected chi connectivity index (χ4v) is 4.03. The molecule has 0 atom stereocenters. The predicted octanol–water partition coefficient (Wildman–Crippen LogP) is 4.35. The molecule has 1 aromatic carbocycles. The summed E-state index contributed by atoms with van der Waals surface area (Å²) in [5, 5.41) is 3.23. The van der Waals surface area contributed by atoms with Crippen LogP contribution in [0.3, 0.4) is 0 Å². The minimum atomic E-state index is 0.505. The van der Waals surface area contributed by atoms with Crippen molar-refractivity contribution < 1.29 is 4.42 Å². The van der Waals surface area contributed by atoms with Gasteiger partial charge < -0.3 is 10.2 Å². The Kier molecular flexibility index (Phi) is 4.45. The molecule has 5 heteroatoms. The largest absolute Gasteiger partial charge is 0.459 e. The van der Waals surface area contributed by atoms with Crippen LogP contribution in [0.5, 0.6) is 0 Å². The Morgan fingerprint density at radius 1 is 1.29 bits per heavy atom. The molecule has 0 unspecified atom stereocenters. The van der Waals surface area contributed by atoms with Gasteiger partial charge in [0.25, 0.3) is 0 Å². The zero-order valence-electron chi connectivity index (χ0n) is 11.8. The second-order valence-corrected chi connectivity index (χ2v) is 7.02. The van der Waals surface area contributed by atoms with Crippen LogP contribution in [0.25, 0.3) is 11.0 Å². The second-order valence-electron chi connectivity index (χ2n) is 5.11. The average Bonchev–Trinajstić information content (AvgIpc) is 3.01. The van der Waals surface area contributed by atoms with Gasteiger partial charge in [0.05, 0.1) is 6.54 Å². The van der Waals surface area contributed by atoms with Crippen LogP contribution >= 0.6 is 27.3 Å². The fourth-order valence-electron chi connectivity index (χ4n) is 2.50. The van der Waals surface area contributed by atoms with Crippen molar-refractivity contribution in [3.8, 4) is 0 Å². The number of fused-ring (bicyclic) bond motifs is 1. The van der Waals surface area contributed by atoms with Crippen molar-refractivity contribution in [1.82, 2.24) is 4.90 Å². The van der Waals surface area contributed by atoms with Crippen LogP contribution in [0.15, 0.2) is 44.6 Å². The minimum absolute atomic E-state index is 0.505. The molecule has 0 bridgehead atoms. The maximum Gasteiger partial charge on any atom is 0.134 e. The summed E-state index contributed by atoms with van der Waals surface area (Å²) in [6.07, 6.45) is 0. The highest BCUT2D eigenvalue weighted by Gasteiger charge is 2.14. The van der Waals surface area contributed by atoms with E-state index in [1.807, 2.05) is 18.2 Å². The topological polar surface area (TPSA) is 42.4 Å². The van der Waals surface area contributed by atoms with E-state index in [2.05, 4.69) is 45.4 Å². The molecule has 0 amide bonds. The number of hydrogen-bond donors (Lipinski definition) is 1. The summed E-state index contributed by atoms with van der Waals surface area (Å²) in [6.45, 7) is 2.17. The lowest BCUT2D eigenvalue weighted by Crippen LogP contribution is -2.17. The minimum Gasteiger partial charge on any atom is -0.459 e. The van der Waals surface area contributed by atoms with E-state index in [-0.39, 0.29) is 0 Å². The highest BCUT2D eigenvalue weighted by atomic mass is 79.9. The van der Waals surface area contributed by atoms with Crippen molar-refractivity contribution in [2.75, 3.05) is 7.05 Å². The monoisotopic (exact) mass is 364 g/mol. The number of para-hydroxylation sites is 1. The van der Waals surface area contributed by atoms with Crippen LogP contribution in [0, 0.1) is 0 Å². The maximum atomic E-state index is 5.98. The Morgan fingerprint density at radius 3 is 2.81 bits per heavy atom. The molecule has 0 saturated carbocycles. The van der Waals surface area contributed by atoms with Gasteiger partial charge in [-0.2, -0.15) is 0 Å². The molecule has 3 rings (SSSR count). The van der Waals surface area contributed by atoms with Crippen molar-refractivity contribution >= 4 is 38.2 Å². The summed E-state index contributed by atoms with van der Waals surface area (Å²) in [7, 11) is 2.10. The third-order valence-corrected chi connectivity index (χ3v) is 5.13. The molecule has 2 N–H and O–H groups in total. The van der Waals surface area contributed by atoms with Crippen molar-refractivity contribution in [3.05, 3.63) is 56.4 Å². The van der Waals surface area contributed by atoms with Gasteiger partial charge in [-0.3, -0.25) is 4.90 Å². The van der Waals surface area contributed by atoms with E-state index < -0.39 is 0 Å². The molecule has 0 aliphatic heterocycles. The van der Waals surface area contributed by atoms with Crippen molar-refractivity contribution in [2.24, 2.45) is 5.73 Å². The first-order valence-electron chi connectivity index (χ1n) is 6.78. The van der Waals surface area contributed by atoms with Gasteiger partial charge in [-0.1, -0.05) is 18.2 Å². The van der Waals surface area contributed by atoms with Gasteiger partial charge in [-0.05, 0) is 35.1 Å². The Balaban J connectivity index is 1.80. The highest BCUT2D eigenvalue weighted by Crippen LogP contribution is 2.27. The van der Waals surface area contributed by atoms with Gasteiger partial charge in [0.1, 0.15) is 11.3 Å². The Labute approximate surface area is 136 Å². The Morgan fingerprint density at radius 2 is 2.10 bits per heavy atom. The first kappa shape index (κ1) is 14.8. The SMILES string of the molecule is CN(Cc1cc(Br)cs1)Cc1oc2ccccc2c1CN. The van der Waals surface area contributed by atoms with E-state index in [9.17, 15) is 0 Å². The van der Waals surface area contributed by atoms with Crippen LogP contribution in [0.2, 0.25) is 0 Å². The van der Waals surface area contributed by atoms with E-state index in [1.54, 1.807) is 11.3 Å². The van der Waals surface area contributed by atoms with E-state index >= 15 is 0 Å². The third-order valence-electron chi connectivity index (χ3n) is 3.45. The molecule has 0 aliphatic rings. The van der Waals surface area contributed by atoms with Gasteiger partial charge in [0.15, 0.2) is 0 Å². The lowest BCUT2D eigenvalue weighted by molar-refractivity contribution is 0.292. The molecule has 2 aromatic heterocycles. The molecule has 2 heterocycles. The zero-order chi connectivity index (χ0) is 14.8. The van der Waals surface area contributed by atoms with E-state index in [4.69, 9.17) is 10.2 Å². The quantitative estimate of drug-likeness (QED) is 0.731. The van der Waals surface area contributed by atoms with Gasteiger partial charge in [-0.25, -0.2) is 0 Å². The van der Waals surface area contributed by atoms with Gasteiger partial charge in [0, 0.05) is 38.8 Å². The van der Waals surface area contributed by atoms with E-state index in [1.165, 1.54) is 4.88 Å². The van der Waals surface area contributed by atoms with E-state index in [0.29, 0.717) is 6.54 Å². The number of nitrogens with two attached hydrogens (primary N) is 1. The van der Waals surface area contributed by atoms with Crippen LogP contribution in [-0.2, 0) is 19.6 Å². The molecular formula is C16H17BrN2OS. The summed E-state index contributed by atoms with van der Waals surface area (Å²) in [4.78, 5) is 3.57. The predicted molar refractivity (Wildman–Crippen MR) is 91.3 cm³/mol. The van der Waals surface area contributed by atoms with Crippen LogP contribution in [0.4, 0.5) is 0 Å². The van der Waals surface area contributed by atoms with Crippen molar-refractivity contribution in [3.63, 3.8) is 0 Å². The maximum absolute atomic E-state index is 5.98. The smallest absolute Gasteiger partial charge is 0.134 e. The Bertz CT molecular complexity index is 750. The number of rotatable bonds is 5. The third kappa shape index (κ3) is 3.21. The molecule has 0 fully saturated rings. The summed E-state index contributed by atoms with van der Waals surface area (Å²) in [5.74, 6) is 0.969. The summed E-state index contributed by atoms with van der Waals surface area (Å²) in [6, 6.07) is 10.2. The Hall–Kier alpha value is -1.14. The van der Waals surface area contributed by atoms with Crippen LogP contribution in [-0.4, -0.2) is 11.9 Å². The van der Waals surface area contributed by atoms with Gasteiger partial charge >= 0.3 is 0 Å². The molecular weight excluding hydrogens is 348 g/mol. The standard InChI is InChI=1S/C16H17BrN2OS/c1-19(8-12-6-11(17)10-21-12)9-16-14(7-18)13-4-2-3-5-15(13)20-16/h2-6,10H,7-9,18H2,1H3. The molecule has 0 aliphatic carbocycles. The number of benzene rings is 1. The normalized spacial score (nSPS) is 11.6. The molecule has 3 nitrogen and oxygen atoms in total. The number of furan rings is 1. The van der Waals surface area contributed by atoms with E-state index in [0.717, 1.165) is 39.9 Å². The average molecular weight is 365 g/mol. The molecule has 110 valence electrons. The zero-order valence-corrected chi connectivity index (χ0v) is 14.2. The first-order valence-corrected chi connectivity index (χ1v) is 8.45. The molecule has 3 aromatic rings. The number of thiophene rings is 1. The fraction of sp³-hybridized carbons (Fsp3) is 0.250. The van der Waals surface area contributed by atoms with Crippen LogP contribution in [0.1, 0.15) is 16.2 Å². The lowest BCUT2D eigenvalue weighted by atomic mass is 10.1. The molecule has 0 saturated heterocycles. The number of hydrogen-bond acceptors (Lipinski definition) is 4. The summed E-state index contributed by atoms with van der Waals surface area (Å²) >= 11 is 5.25. The molecule has 21 heavy (non-hydrogen) atoms. The number of halogens is 1. The molecule has 0 spiro atoms. The van der Waals surface area contributed by atoms with Gasteiger partial charge in [0.2, 0.25) is 0 Å². The van der Waals surface area contributed by atoms with Crippen LogP contribution < -0.4 is 5.73 Å². The highest BCUT2D eigenvalue weighted by molar-refractivity contribution is 9.10. The van der Waals surface area contributed by atoms with Crippen molar-refractivity contribution in [1.29, 1.82) is 0 Å². The summed E-state index contributed by atoms with van der Waals surface area (Å²) < 4.78 is 7.12. The van der Waals surface area contributed by atoms with Crippen molar-refractivity contribution in [2.45, 2.75) is 19.6 Å². The number of nitrogens with zero attached hydrogens (tertiary/aromatic N) is 1. The lowest BCUT2D eigenvalue weighted by Gasteiger charge is -2.14. The first-order chi connectivity index (χ1) is 10.2. The molecule has 0 radical (unpaired) electrons. The summed E-state index contributed by atoms with van der Waals surface area (Å²) in [5.41, 5.74) is 7.94. The second kappa shape index (κ2) is 6.32.